The quantitative estimate of drug-likeness (QED) is 0.0454. The van der Waals surface area contributed by atoms with Gasteiger partial charge in [0.1, 0.15) is 15.0 Å². The molecule has 0 amide bonds. The van der Waals surface area contributed by atoms with Crippen molar-refractivity contribution in [2.75, 3.05) is 0 Å². The van der Waals surface area contributed by atoms with Crippen molar-refractivity contribution in [2.24, 2.45) is 0 Å². The predicted octanol–water partition coefficient (Wildman–Crippen LogP) is 11.8. The molecule has 0 heterocycles. The van der Waals surface area contributed by atoms with Crippen LogP contribution in [0.5, 0.6) is 0 Å². The third-order valence-corrected chi connectivity index (χ3v) is 11.7. The van der Waals surface area contributed by atoms with E-state index in [1.54, 1.807) is 0 Å². The van der Waals surface area contributed by atoms with Crippen molar-refractivity contribution in [3.8, 4) is 0 Å². The first kappa shape index (κ1) is 40.2. The summed E-state index contributed by atoms with van der Waals surface area (Å²) in [5.41, 5.74) is 4.38. The first-order valence-electron chi connectivity index (χ1n) is 16.7. The number of hydrogen-bond acceptors (Lipinski definition) is 3. The minimum Gasteiger partial charge on any atom is -0.744 e. The van der Waals surface area contributed by atoms with Crippen LogP contribution < -0.4 is 0 Å². The Morgan fingerprint density at radius 2 is 0.755 bits per heavy atom. The van der Waals surface area contributed by atoms with Gasteiger partial charge in [-0.15, -0.1) is 0 Å². The third kappa shape index (κ3) is 10.2. The van der Waals surface area contributed by atoms with Gasteiger partial charge in [0, 0.05) is 0 Å². The fraction of sp³-hybridized carbons (Fsp3) is 0.385. The van der Waals surface area contributed by atoms with E-state index in [-0.39, 0.29) is 10.9 Å². The zero-order valence-electron chi connectivity index (χ0n) is 28.8. The number of rotatable bonds is 13. The Bertz CT molecular complexity index is 1600. The lowest BCUT2D eigenvalue weighted by Crippen LogP contribution is -2.12. The normalized spacial score (nSPS) is 14.0. The van der Waals surface area contributed by atoms with E-state index in [0.717, 1.165) is 0 Å². The van der Waals surface area contributed by atoms with Gasteiger partial charge in [-0.3, -0.25) is 0 Å². The molecule has 3 nitrogen and oxygen atoms in total. The molecule has 4 rings (SSSR count). The summed E-state index contributed by atoms with van der Waals surface area (Å²) in [5.74, 6) is -11.0. The van der Waals surface area contributed by atoms with Gasteiger partial charge in [-0.25, -0.2) is 30.4 Å². The summed E-state index contributed by atoms with van der Waals surface area (Å²) < 4.78 is 92.9. The van der Waals surface area contributed by atoms with Crippen molar-refractivity contribution >= 4 is 21.0 Å². The minimum absolute atomic E-state index is 0.0903. The molecule has 0 aliphatic rings. The topological polar surface area (TPSA) is 57.2 Å². The van der Waals surface area contributed by atoms with Crippen LogP contribution in [-0.4, -0.2) is 13.0 Å². The molecule has 0 aliphatic carbocycles. The van der Waals surface area contributed by atoms with E-state index in [1.165, 1.54) is 69.9 Å². The molecular formula is C39H45F5O3S2. The van der Waals surface area contributed by atoms with E-state index in [1.807, 2.05) is 0 Å². The minimum atomic E-state index is -5.77. The first-order chi connectivity index (χ1) is 23.2. The zero-order valence-corrected chi connectivity index (χ0v) is 30.5. The summed E-state index contributed by atoms with van der Waals surface area (Å²) >= 11 is 0. The van der Waals surface area contributed by atoms with Gasteiger partial charge in [-0.05, 0) is 90.1 Å². The van der Waals surface area contributed by atoms with Crippen molar-refractivity contribution in [3.05, 3.63) is 119 Å². The molecule has 10 heteroatoms. The average molecular weight is 721 g/mol. The monoisotopic (exact) mass is 720 g/mol. The van der Waals surface area contributed by atoms with Gasteiger partial charge in [0.15, 0.2) is 38.0 Å². The van der Waals surface area contributed by atoms with Crippen LogP contribution in [0.3, 0.4) is 0 Å². The Hall–Kier alpha value is -3.21. The Morgan fingerprint density at radius 3 is 0.980 bits per heavy atom. The van der Waals surface area contributed by atoms with Crippen LogP contribution in [0.15, 0.2) is 92.4 Å². The number of halogens is 5. The Kier molecular flexibility index (Phi) is 14.9. The highest BCUT2D eigenvalue weighted by atomic mass is 32.2. The zero-order chi connectivity index (χ0) is 36.5. The molecule has 0 spiro atoms. The molecule has 0 aliphatic heterocycles. The van der Waals surface area contributed by atoms with Crippen LogP contribution in [-0.2, 0) is 21.0 Å². The van der Waals surface area contributed by atoms with Crippen LogP contribution >= 0.6 is 0 Å². The highest BCUT2D eigenvalue weighted by molar-refractivity contribution is 7.97. The summed E-state index contributed by atoms with van der Waals surface area (Å²) in [5, 5.41) is 0. The lowest BCUT2D eigenvalue weighted by Gasteiger charge is -2.15. The molecular weight excluding hydrogens is 676 g/mol. The van der Waals surface area contributed by atoms with Crippen molar-refractivity contribution in [2.45, 2.75) is 117 Å². The van der Waals surface area contributed by atoms with Gasteiger partial charge in [0.2, 0.25) is 5.82 Å². The largest absolute Gasteiger partial charge is 0.744 e. The lowest BCUT2D eigenvalue weighted by molar-refractivity contribution is 0.350. The second kappa shape index (κ2) is 18.2. The van der Waals surface area contributed by atoms with E-state index in [0.29, 0.717) is 17.8 Å². The van der Waals surface area contributed by atoms with Crippen molar-refractivity contribution in [3.63, 3.8) is 0 Å². The van der Waals surface area contributed by atoms with E-state index in [9.17, 15) is 34.9 Å². The number of benzene rings is 4. The fourth-order valence-electron chi connectivity index (χ4n) is 5.81. The van der Waals surface area contributed by atoms with Crippen molar-refractivity contribution in [1.29, 1.82) is 0 Å². The smallest absolute Gasteiger partial charge is 0.200 e. The van der Waals surface area contributed by atoms with Gasteiger partial charge in [0.25, 0.3) is 0 Å². The molecule has 4 aromatic rings. The third-order valence-electron chi connectivity index (χ3n) is 8.64. The highest BCUT2D eigenvalue weighted by Gasteiger charge is 2.30. The number of hydrogen-bond donors (Lipinski definition) is 0. The van der Waals surface area contributed by atoms with E-state index < -0.39 is 44.1 Å². The lowest BCUT2D eigenvalue weighted by atomic mass is 9.97. The summed E-state index contributed by atoms with van der Waals surface area (Å²) in [7, 11) is -5.86. The second-order valence-electron chi connectivity index (χ2n) is 12.4. The molecule has 4 aromatic carbocycles. The Balaban J connectivity index is 0.000000362. The molecule has 266 valence electrons. The van der Waals surface area contributed by atoms with Gasteiger partial charge in [-0.1, -0.05) is 97.2 Å². The molecule has 0 bridgehead atoms. The first-order valence-corrected chi connectivity index (χ1v) is 19.3. The van der Waals surface area contributed by atoms with E-state index in [2.05, 4.69) is 114 Å². The average Bonchev–Trinajstić information content (AvgIpc) is 3.07. The van der Waals surface area contributed by atoms with Gasteiger partial charge >= 0.3 is 0 Å². The Labute approximate surface area is 291 Å². The standard InChI is InChI=1S/C33H45S.C6HF5O3S/c1-7-10-25(4)28-13-19-31(20-14-28)34(32-21-15-29(16-22-32)26(5)11-8-2)33-23-17-30(18-24-33)27(6)12-9-3;7-1-2(8)4(10)6(15(12,13)14)5(11)3(1)9/h13-27H,7-12H2,1-6H3;(H,12,13,14)/q+1;/p-1. The van der Waals surface area contributed by atoms with E-state index >= 15 is 0 Å². The van der Waals surface area contributed by atoms with Gasteiger partial charge < -0.3 is 4.55 Å². The van der Waals surface area contributed by atoms with Gasteiger partial charge in [-0.2, -0.15) is 0 Å². The molecule has 0 fully saturated rings. The molecule has 0 radical (unpaired) electrons. The van der Waals surface area contributed by atoms with Crippen LogP contribution in [0.1, 0.15) is 115 Å². The van der Waals surface area contributed by atoms with Crippen LogP contribution in [0.25, 0.3) is 0 Å². The van der Waals surface area contributed by atoms with Crippen molar-refractivity contribution < 1.29 is 34.9 Å². The molecule has 0 saturated carbocycles. The van der Waals surface area contributed by atoms with Gasteiger partial charge in [0.05, 0.1) is 10.9 Å². The molecule has 0 saturated heterocycles. The molecule has 49 heavy (non-hydrogen) atoms. The second-order valence-corrected chi connectivity index (χ2v) is 15.8. The summed E-state index contributed by atoms with van der Waals surface area (Å²) in [6.45, 7) is 13.9. The highest BCUT2D eigenvalue weighted by Crippen LogP contribution is 2.35. The maximum absolute atomic E-state index is 12.6. The molecule has 0 aromatic heterocycles. The van der Waals surface area contributed by atoms with E-state index in [4.69, 9.17) is 0 Å². The maximum atomic E-state index is 12.6. The summed E-state index contributed by atoms with van der Waals surface area (Å²) in [6.07, 6.45) is 7.45. The predicted molar refractivity (Wildman–Crippen MR) is 186 cm³/mol. The Morgan fingerprint density at radius 1 is 0.510 bits per heavy atom. The SMILES string of the molecule is CCCC(C)c1ccc([S+](c2ccc(C(C)CCC)cc2)c2ccc(C(C)CCC)cc2)cc1.O=S(=O)([O-])c1c(F)c(F)c(F)c(F)c1F. The van der Waals surface area contributed by atoms with Crippen LogP contribution in [0.2, 0.25) is 0 Å². The fourth-order valence-corrected chi connectivity index (χ4v) is 8.47. The molecule has 0 N–H and O–H groups in total. The molecule has 3 atom stereocenters. The summed E-state index contributed by atoms with van der Waals surface area (Å²) in [4.78, 5) is 1.86. The maximum Gasteiger partial charge on any atom is 0.200 e. The van der Waals surface area contributed by atoms with Crippen LogP contribution in [0, 0.1) is 29.1 Å². The van der Waals surface area contributed by atoms with Crippen molar-refractivity contribution in [1.82, 2.24) is 0 Å². The molecule has 3 unspecified atom stereocenters. The summed E-state index contributed by atoms with van der Waals surface area (Å²) in [6, 6.07) is 28.5. The van der Waals surface area contributed by atoms with Crippen LogP contribution in [0.4, 0.5) is 22.0 Å².